The highest BCUT2D eigenvalue weighted by molar-refractivity contribution is 6.09. The Hall–Kier alpha value is -2.82. The van der Waals surface area contributed by atoms with E-state index in [1.165, 1.54) is 18.2 Å². The number of carboxylic acids is 1. The fourth-order valence-corrected chi connectivity index (χ4v) is 1.90. The van der Waals surface area contributed by atoms with E-state index in [-0.39, 0.29) is 17.0 Å². The number of carbonyl (C=O) groups excluding carboxylic acids is 1. The van der Waals surface area contributed by atoms with Gasteiger partial charge in [0.05, 0.1) is 16.8 Å². The predicted molar refractivity (Wildman–Crippen MR) is 67.9 cm³/mol. The largest absolute Gasteiger partial charge is 0.478 e. The molecule has 5 nitrogen and oxygen atoms in total. The van der Waals surface area contributed by atoms with Crippen LogP contribution in [0.4, 0.5) is 5.69 Å². The van der Waals surface area contributed by atoms with Crippen LogP contribution in [0.3, 0.4) is 0 Å². The lowest BCUT2D eigenvalue weighted by molar-refractivity contribution is 0.0697. The number of rotatable bonds is 1. The summed E-state index contributed by atoms with van der Waals surface area (Å²) >= 11 is 0. The molecule has 0 aromatic heterocycles. The minimum Gasteiger partial charge on any atom is -0.478 e. The number of hydrogen-bond acceptors (Lipinski definition) is 3. The Labute approximate surface area is 108 Å². The third kappa shape index (κ3) is 1.91. The zero-order chi connectivity index (χ0) is 13.4. The fraction of sp³-hybridized carbons (Fsp3) is 0. The van der Waals surface area contributed by atoms with E-state index in [4.69, 9.17) is 9.84 Å². The summed E-state index contributed by atoms with van der Waals surface area (Å²) in [6.07, 6.45) is 0. The number of fused-ring (bicyclic) bond motifs is 2. The SMILES string of the molecule is O=C(O)c1ccc2c(c1)C(=O)Nc1ccccc1O2. The molecule has 94 valence electrons. The van der Waals surface area contributed by atoms with E-state index in [1.807, 2.05) is 0 Å². The quantitative estimate of drug-likeness (QED) is 0.821. The number of anilines is 1. The first-order valence-electron chi connectivity index (χ1n) is 5.61. The maximum Gasteiger partial charge on any atom is 0.335 e. The van der Waals surface area contributed by atoms with Crippen molar-refractivity contribution in [1.82, 2.24) is 0 Å². The average Bonchev–Trinajstić information content (AvgIpc) is 2.54. The highest BCUT2D eigenvalue weighted by atomic mass is 16.5. The molecule has 2 N–H and O–H groups in total. The van der Waals surface area contributed by atoms with Crippen molar-refractivity contribution in [2.24, 2.45) is 0 Å². The molecular weight excluding hydrogens is 246 g/mol. The third-order valence-corrected chi connectivity index (χ3v) is 2.83. The standard InChI is InChI=1S/C14H9NO4/c16-13-9-7-8(14(17)18)5-6-11(9)19-12-4-2-1-3-10(12)15-13/h1-7H,(H,15,16)(H,17,18). The Morgan fingerprint density at radius 1 is 1.11 bits per heavy atom. The van der Waals surface area contributed by atoms with Crippen molar-refractivity contribution in [1.29, 1.82) is 0 Å². The molecule has 1 heterocycles. The Bertz CT molecular complexity index is 694. The molecule has 0 bridgehead atoms. The van der Waals surface area contributed by atoms with Crippen molar-refractivity contribution in [3.8, 4) is 11.5 Å². The average molecular weight is 255 g/mol. The number of hydrogen-bond donors (Lipinski definition) is 2. The summed E-state index contributed by atoms with van der Waals surface area (Å²) in [5.41, 5.74) is 0.806. The van der Waals surface area contributed by atoms with Crippen LogP contribution in [0.2, 0.25) is 0 Å². The number of para-hydroxylation sites is 2. The number of carboxylic acid groups (broad SMARTS) is 1. The molecule has 0 aliphatic carbocycles. The number of nitrogens with one attached hydrogen (secondary N) is 1. The van der Waals surface area contributed by atoms with Gasteiger partial charge in [0.25, 0.3) is 5.91 Å². The summed E-state index contributed by atoms with van der Waals surface area (Å²) in [6, 6.07) is 11.2. The molecule has 0 saturated carbocycles. The number of amides is 1. The summed E-state index contributed by atoms with van der Waals surface area (Å²) in [5, 5.41) is 11.6. The number of ether oxygens (including phenoxy) is 1. The van der Waals surface area contributed by atoms with E-state index in [1.54, 1.807) is 24.3 Å². The summed E-state index contributed by atoms with van der Waals surface area (Å²) in [6.45, 7) is 0. The lowest BCUT2D eigenvalue weighted by Crippen LogP contribution is -2.11. The second kappa shape index (κ2) is 4.13. The molecule has 1 amide bonds. The molecule has 1 aliphatic heterocycles. The zero-order valence-electron chi connectivity index (χ0n) is 9.71. The van der Waals surface area contributed by atoms with E-state index in [0.29, 0.717) is 17.2 Å². The van der Waals surface area contributed by atoms with E-state index in [0.717, 1.165) is 0 Å². The monoisotopic (exact) mass is 255 g/mol. The van der Waals surface area contributed by atoms with Gasteiger partial charge < -0.3 is 15.2 Å². The first-order valence-corrected chi connectivity index (χ1v) is 5.61. The van der Waals surface area contributed by atoms with Crippen LogP contribution in [-0.4, -0.2) is 17.0 Å². The minimum absolute atomic E-state index is 0.0449. The van der Waals surface area contributed by atoms with E-state index in [9.17, 15) is 9.59 Å². The lowest BCUT2D eigenvalue weighted by atomic mass is 10.1. The molecule has 0 fully saturated rings. The predicted octanol–water partition coefficient (Wildman–Crippen LogP) is 2.74. The maximum atomic E-state index is 12.1. The molecule has 2 aromatic carbocycles. The van der Waals surface area contributed by atoms with Crippen molar-refractivity contribution in [2.75, 3.05) is 5.32 Å². The van der Waals surface area contributed by atoms with Crippen LogP contribution in [0.15, 0.2) is 42.5 Å². The van der Waals surface area contributed by atoms with Crippen LogP contribution in [0.5, 0.6) is 11.5 Å². The third-order valence-electron chi connectivity index (χ3n) is 2.83. The molecule has 0 atom stereocenters. The second-order valence-corrected chi connectivity index (χ2v) is 4.07. The smallest absolute Gasteiger partial charge is 0.335 e. The van der Waals surface area contributed by atoms with Crippen molar-refractivity contribution in [3.05, 3.63) is 53.6 Å². The normalized spacial score (nSPS) is 12.5. The Kier molecular flexibility index (Phi) is 2.45. The van der Waals surface area contributed by atoms with Gasteiger partial charge in [-0.05, 0) is 30.3 Å². The van der Waals surface area contributed by atoms with Gasteiger partial charge in [0, 0.05) is 0 Å². The molecule has 0 spiro atoms. The van der Waals surface area contributed by atoms with Crippen LogP contribution in [0, 0.1) is 0 Å². The summed E-state index contributed by atoms with van der Waals surface area (Å²) < 4.78 is 5.63. The molecule has 19 heavy (non-hydrogen) atoms. The van der Waals surface area contributed by atoms with Crippen LogP contribution in [0.1, 0.15) is 20.7 Å². The van der Waals surface area contributed by atoms with Gasteiger partial charge >= 0.3 is 5.97 Å². The molecular formula is C14H9NO4. The molecule has 0 unspecified atom stereocenters. The van der Waals surface area contributed by atoms with Crippen LogP contribution < -0.4 is 10.1 Å². The van der Waals surface area contributed by atoms with Crippen molar-refractivity contribution in [2.45, 2.75) is 0 Å². The zero-order valence-corrected chi connectivity index (χ0v) is 9.71. The van der Waals surface area contributed by atoms with Gasteiger partial charge in [0.2, 0.25) is 0 Å². The minimum atomic E-state index is -1.09. The Morgan fingerprint density at radius 2 is 1.89 bits per heavy atom. The summed E-state index contributed by atoms with van der Waals surface area (Å²) in [5.74, 6) is -0.606. The van der Waals surface area contributed by atoms with Crippen LogP contribution >= 0.6 is 0 Å². The second-order valence-electron chi connectivity index (χ2n) is 4.07. The van der Waals surface area contributed by atoms with E-state index < -0.39 is 5.97 Å². The lowest BCUT2D eigenvalue weighted by Gasteiger charge is -2.07. The van der Waals surface area contributed by atoms with Gasteiger partial charge in [-0.15, -0.1) is 0 Å². The van der Waals surface area contributed by atoms with Crippen molar-refractivity contribution < 1.29 is 19.4 Å². The number of carbonyl (C=O) groups is 2. The maximum absolute atomic E-state index is 12.1. The van der Waals surface area contributed by atoms with E-state index in [2.05, 4.69) is 5.32 Å². The van der Waals surface area contributed by atoms with E-state index >= 15 is 0 Å². The van der Waals surface area contributed by atoms with Gasteiger partial charge in [-0.25, -0.2) is 4.79 Å². The van der Waals surface area contributed by atoms with Gasteiger partial charge in [0.15, 0.2) is 5.75 Å². The van der Waals surface area contributed by atoms with Crippen molar-refractivity contribution >= 4 is 17.6 Å². The molecule has 0 saturated heterocycles. The highest BCUT2D eigenvalue weighted by Crippen LogP contribution is 2.35. The summed E-state index contributed by atoms with van der Waals surface area (Å²) in [7, 11) is 0. The molecule has 1 aliphatic rings. The topological polar surface area (TPSA) is 75.6 Å². The summed E-state index contributed by atoms with van der Waals surface area (Å²) in [4.78, 5) is 23.0. The van der Waals surface area contributed by atoms with Crippen LogP contribution in [0.25, 0.3) is 0 Å². The van der Waals surface area contributed by atoms with Gasteiger partial charge in [-0.1, -0.05) is 12.1 Å². The van der Waals surface area contributed by atoms with Gasteiger partial charge in [-0.2, -0.15) is 0 Å². The molecule has 5 heteroatoms. The van der Waals surface area contributed by atoms with Crippen LogP contribution in [-0.2, 0) is 0 Å². The molecule has 0 radical (unpaired) electrons. The number of benzene rings is 2. The molecule has 3 rings (SSSR count). The highest BCUT2D eigenvalue weighted by Gasteiger charge is 2.21. The Morgan fingerprint density at radius 3 is 2.68 bits per heavy atom. The van der Waals surface area contributed by atoms with Crippen molar-refractivity contribution in [3.63, 3.8) is 0 Å². The van der Waals surface area contributed by atoms with Gasteiger partial charge in [-0.3, -0.25) is 4.79 Å². The fourth-order valence-electron chi connectivity index (χ4n) is 1.90. The first-order chi connectivity index (χ1) is 9.15. The van der Waals surface area contributed by atoms with Gasteiger partial charge in [0.1, 0.15) is 5.75 Å². The Balaban J connectivity index is 2.13. The first kappa shape index (κ1) is 11.3. The number of aromatic carboxylic acids is 1. The molecule has 2 aromatic rings.